The maximum absolute atomic E-state index is 11.8. The molecule has 1 N–H and O–H groups in total. The topological polar surface area (TPSA) is 58.1 Å². The van der Waals surface area contributed by atoms with Gasteiger partial charge < -0.3 is 4.90 Å². The number of urea groups is 1. The van der Waals surface area contributed by atoms with Crippen LogP contribution in [0.25, 0.3) is 0 Å². The zero-order valence-electron chi connectivity index (χ0n) is 9.27. The Kier molecular flexibility index (Phi) is 3.65. The highest BCUT2D eigenvalue weighted by molar-refractivity contribution is 8.00. The third-order valence-corrected chi connectivity index (χ3v) is 4.55. The van der Waals surface area contributed by atoms with Crippen molar-refractivity contribution in [3.8, 4) is 0 Å². The standard InChI is InChI=1S/C9H14N4OS2/c1-13(6-4-3-5-6)8(14)10-7-11-12-9(15-2)16-7/h6H,3-5H2,1-2H3,(H,10,11,14). The van der Waals surface area contributed by atoms with Crippen LogP contribution in [-0.2, 0) is 0 Å². The third kappa shape index (κ3) is 2.46. The van der Waals surface area contributed by atoms with E-state index < -0.39 is 0 Å². The molecule has 1 aromatic rings. The fraction of sp³-hybridized carbons (Fsp3) is 0.667. The largest absolute Gasteiger partial charge is 0.325 e. The number of carbonyl (C=O) groups is 1. The summed E-state index contributed by atoms with van der Waals surface area (Å²) in [5.41, 5.74) is 0. The van der Waals surface area contributed by atoms with Crippen molar-refractivity contribution in [1.82, 2.24) is 15.1 Å². The molecule has 0 spiro atoms. The number of anilines is 1. The molecule has 2 rings (SSSR count). The molecule has 2 amide bonds. The maximum atomic E-state index is 11.8. The van der Waals surface area contributed by atoms with E-state index in [9.17, 15) is 4.79 Å². The van der Waals surface area contributed by atoms with Gasteiger partial charge in [-0.3, -0.25) is 5.32 Å². The van der Waals surface area contributed by atoms with Crippen molar-refractivity contribution >= 4 is 34.3 Å². The first kappa shape index (κ1) is 11.7. The summed E-state index contributed by atoms with van der Waals surface area (Å²) < 4.78 is 0.863. The second kappa shape index (κ2) is 5.01. The Balaban J connectivity index is 1.90. The van der Waals surface area contributed by atoms with Gasteiger partial charge in [-0.1, -0.05) is 23.1 Å². The summed E-state index contributed by atoms with van der Waals surface area (Å²) in [6.07, 6.45) is 5.37. The van der Waals surface area contributed by atoms with E-state index in [4.69, 9.17) is 0 Å². The molecular weight excluding hydrogens is 244 g/mol. The van der Waals surface area contributed by atoms with Crippen molar-refractivity contribution in [3.63, 3.8) is 0 Å². The molecule has 0 saturated heterocycles. The molecule has 16 heavy (non-hydrogen) atoms. The lowest BCUT2D eigenvalue weighted by Crippen LogP contribution is -2.43. The fourth-order valence-corrected chi connectivity index (χ4v) is 2.62. The van der Waals surface area contributed by atoms with Crippen LogP contribution in [0.15, 0.2) is 4.34 Å². The van der Waals surface area contributed by atoms with E-state index in [1.54, 1.807) is 4.90 Å². The normalized spacial score (nSPS) is 15.6. The predicted molar refractivity (Wildman–Crippen MR) is 66.1 cm³/mol. The van der Waals surface area contributed by atoms with Gasteiger partial charge in [0.05, 0.1) is 0 Å². The predicted octanol–water partition coefficient (Wildman–Crippen LogP) is 2.28. The molecule has 0 aliphatic heterocycles. The van der Waals surface area contributed by atoms with Crippen LogP contribution in [-0.4, -0.2) is 40.5 Å². The van der Waals surface area contributed by atoms with E-state index in [1.165, 1.54) is 29.5 Å². The lowest BCUT2D eigenvalue weighted by molar-refractivity contribution is 0.169. The number of aromatic nitrogens is 2. The quantitative estimate of drug-likeness (QED) is 0.667. The SMILES string of the molecule is CSc1nnc(NC(=O)N(C)C2CCC2)s1. The molecule has 1 aromatic heterocycles. The van der Waals surface area contributed by atoms with Crippen molar-refractivity contribution in [2.24, 2.45) is 0 Å². The molecule has 5 nitrogen and oxygen atoms in total. The minimum Gasteiger partial charge on any atom is -0.325 e. The highest BCUT2D eigenvalue weighted by atomic mass is 32.2. The molecule has 0 aromatic carbocycles. The van der Waals surface area contributed by atoms with Crippen LogP contribution in [0.2, 0.25) is 0 Å². The monoisotopic (exact) mass is 258 g/mol. The minimum atomic E-state index is -0.0893. The number of hydrogen-bond acceptors (Lipinski definition) is 5. The smallest absolute Gasteiger partial charge is 0.323 e. The van der Waals surface area contributed by atoms with Crippen LogP contribution in [0.1, 0.15) is 19.3 Å². The van der Waals surface area contributed by atoms with E-state index in [0.717, 1.165) is 17.2 Å². The van der Waals surface area contributed by atoms with E-state index in [1.807, 2.05) is 13.3 Å². The minimum absolute atomic E-state index is 0.0893. The Bertz CT molecular complexity index is 377. The summed E-state index contributed by atoms with van der Waals surface area (Å²) in [4.78, 5) is 13.5. The second-order valence-corrected chi connectivity index (χ2v) is 5.73. The molecule has 1 aliphatic rings. The lowest BCUT2D eigenvalue weighted by atomic mass is 9.92. The molecule has 1 fully saturated rings. The Morgan fingerprint density at radius 3 is 2.81 bits per heavy atom. The molecule has 1 saturated carbocycles. The molecule has 0 atom stereocenters. The van der Waals surface area contributed by atoms with E-state index in [-0.39, 0.29) is 6.03 Å². The number of nitrogens with one attached hydrogen (secondary N) is 1. The third-order valence-electron chi connectivity index (χ3n) is 2.74. The molecule has 7 heteroatoms. The molecule has 88 valence electrons. The molecular formula is C9H14N4OS2. The summed E-state index contributed by atoms with van der Waals surface area (Å²) in [7, 11) is 1.83. The van der Waals surface area contributed by atoms with Crippen molar-refractivity contribution in [2.75, 3.05) is 18.6 Å². The maximum Gasteiger partial charge on any atom is 0.323 e. The summed E-state index contributed by atoms with van der Waals surface area (Å²) >= 11 is 2.93. The number of amides is 2. The number of nitrogens with zero attached hydrogens (tertiary/aromatic N) is 3. The van der Waals surface area contributed by atoms with E-state index >= 15 is 0 Å². The lowest BCUT2D eigenvalue weighted by Gasteiger charge is -2.34. The molecule has 0 unspecified atom stereocenters. The van der Waals surface area contributed by atoms with Gasteiger partial charge in [0.1, 0.15) is 0 Å². The fourth-order valence-electron chi connectivity index (χ4n) is 1.46. The molecule has 0 bridgehead atoms. The van der Waals surface area contributed by atoms with Gasteiger partial charge in [0.25, 0.3) is 0 Å². The summed E-state index contributed by atoms with van der Waals surface area (Å²) in [6, 6.07) is 0.307. The first-order chi connectivity index (χ1) is 7.70. The van der Waals surface area contributed by atoms with Crippen LogP contribution in [0.5, 0.6) is 0 Å². The Hall–Kier alpha value is -0.820. The number of thioether (sulfide) groups is 1. The highest BCUT2D eigenvalue weighted by Gasteiger charge is 2.26. The first-order valence-corrected chi connectivity index (χ1v) is 7.16. The van der Waals surface area contributed by atoms with Gasteiger partial charge in [-0.05, 0) is 25.5 Å². The van der Waals surface area contributed by atoms with Crippen LogP contribution < -0.4 is 5.32 Å². The van der Waals surface area contributed by atoms with Crippen LogP contribution in [0.4, 0.5) is 9.93 Å². The van der Waals surface area contributed by atoms with Crippen LogP contribution in [0, 0.1) is 0 Å². The van der Waals surface area contributed by atoms with Gasteiger partial charge in [-0.15, -0.1) is 10.2 Å². The van der Waals surface area contributed by atoms with Gasteiger partial charge in [0.2, 0.25) is 5.13 Å². The number of rotatable bonds is 3. The summed E-state index contributed by atoms with van der Waals surface area (Å²) in [5.74, 6) is 0. The zero-order chi connectivity index (χ0) is 11.5. The Labute approximate surface area is 103 Å². The highest BCUT2D eigenvalue weighted by Crippen LogP contribution is 2.26. The van der Waals surface area contributed by atoms with Crippen molar-refractivity contribution in [1.29, 1.82) is 0 Å². The van der Waals surface area contributed by atoms with Crippen molar-refractivity contribution < 1.29 is 4.79 Å². The van der Waals surface area contributed by atoms with Gasteiger partial charge in [-0.2, -0.15) is 0 Å². The molecule has 0 radical (unpaired) electrons. The van der Waals surface area contributed by atoms with Gasteiger partial charge >= 0.3 is 6.03 Å². The average Bonchev–Trinajstić information content (AvgIpc) is 2.62. The second-order valence-electron chi connectivity index (χ2n) is 3.70. The molecule has 1 aliphatic carbocycles. The first-order valence-electron chi connectivity index (χ1n) is 5.12. The van der Waals surface area contributed by atoms with Crippen molar-refractivity contribution in [3.05, 3.63) is 0 Å². The Morgan fingerprint density at radius 1 is 1.56 bits per heavy atom. The summed E-state index contributed by atoms with van der Waals surface area (Å²) in [6.45, 7) is 0. The number of carbonyl (C=O) groups excluding carboxylic acids is 1. The van der Waals surface area contributed by atoms with Gasteiger partial charge in [0, 0.05) is 13.1 Å². The Morgan fingerprint density at radius 2 is 2.31 bits per heavy atom. The van der Waals surface area contributed by atoms with Gasteiger partial charge in [-0.25, -0.2) is 4.79 Å². The van der Waals surface area contributed by atoms with Crippen LogP contribution in [0.3, 0.4) is 0 Å². The molecule has 1 heterocycles. The number of hydrogen-bond donors (Lipinski definition) is 1. The van der Waals surface area contributed by atoms with E-state index in [2.05, 4.69) is 15.5 Å². The van der Waals surface area contributed by atoms with E-state index in [0.29, 0.717) is 11.2 Å². The summed E-state index contributed by atoms with van der Waals surface area (Å²) in [5, 5.41) is 11.2. The van der Waals surface area contributed by atoms with Crippen molar-refractivity contribution in [2.45, 2.75) is 29.6 Å². The zero-order valence-corrected chi connectivity index (χ0v) is 10.9. The van der Waals surface area contributed by atoms with Crippen LogP contribution >= 0.6 is 23.1 Å². The average molecular weight is 258 g/mol. The van der Waals surface area contributed by atoms with Gasteiger partial charge in [0.15, 0.2) is 4.34 Å².